The van der Waals surface area contributed by atoms with Gasteiger partial charge in [0.1, 0.15) is 5.69 Å². The van der Waals surface area contributed by atoms with Crippen molar-refractivity contribution in [1.82, 2.24) is 30.7 Å². The summed E-state index contributed by atoms with van der Waals surface area (Å²) in [7, 11) is 0. The van der Waals surface area contributed by atoms with Gasteiger partial charge in [-0.15, -0.1) is 0 Å². The number of hydrogen-bond acceptors (Lipinski definition) is 13. The molecule has 0 atom stereocenters. The second kappa shape index (κ2) is 16.4. The maximum atomic E-state index is 12.0. The molecule has 5 aliphatic rings. The molecule has 1 aromatic rings. The van der Waals surface area contributed by atoms with Gasteiger partial charge in [-0.05, 0) is 52.4 Å². The number of hydrazone groups is 1. The number of esters is 2. The summed E-state index contributed by atoms with van der Waals surface area (Å²) in [5.41, 5.74) is 3.11. The first-order valence-corrected chi connectivity index (χ1v) is 16.3. The number of aromatic nitrogens is 2. The van der Waals surface area contributed by atoms with E-state index in [1.165, 1.54) is 4.68 Å². The molecule has 17 heteroatoms. The second-order valence-electron chi connectivity index (χ2n) is 11.7. The van der Waals surface area contributed by atoms with E-state index in [0.29, 0.717) is 43.6 Å². The zero-order chi connectivity index (χ0) is 34.0. The van der Waals surface area contributed by atoms with Crippen molar-refractivity contribution >= 4 is 40.5 Å². The molecule has 47 heavy (non-hydrogen) atoms. The van der Waals surface area contributed by atoms with Gasteiger partial charge in [-0.3, -0.25) is 14.3 Å². The summed E-state index contributed by atoms with van der Waals surface area (Å²) in [6.07, 6.45) is 6.41. The van der Waals surface area contributed by atoms with E-state index in [9.17, 15) is 29.4 Å². The summed E-state index contributed by atoms with van der Waals surface area (Å²) in [4.78, 5) is 48.4. The Labute approximate surface area is 277 Å². The van der Waals surface area contributed by atoms with Crippen LogP contribution in [0.1, 0.15) is 72.5 Å². The third-order valence-corrected chi connectivity index (χ3v) is 8.11. The highest BCUT2D eigenvalue weighted by Crippen LogP contribution is 2.37. The molecular formula is C30H44ClN7O9. The summed E-state index contributed by atoms with van der Waals surface area (Å²) in [6.45, 7) is 8.84. The molecule has 16 nitrogen and oxygen atoms in total. The lowest BCUT2D eigenvalue weighted by Crippen LogP contribution is -2.43. The summed E-state index contributed by atoms with van der Waals surface area (Å²) >= 11 is 5.49. The van der Waals surface area contributed by atoms with Crippen molar-refractivity contribution < 1.29 is 43.6 Å². The van der Waals surface area contributed by atoms with Crippen molar-refractivity contribution in [2.75, 3.05) is 59.2 Å². The van der Waals surface area contributed by atoms with Crippen LogP contribution in [0.15, 0.2) is 16.9 Å². The van der Waals surface area contributed by atoms with Gasteiger partial charge >= 0.3 is 11.9 Å². The Balaban J connectivity index is 0.000000165. The van der Waals surface area contributed by atoms with Gasteiger partial charge in [0, 0.05) is 31.7 Å². The minimum absolute atomic E-state index is 0.0631. The highest BCUT2D eigenvalue weighted by Gasteiger charge is 2.43. The van der Waals surface area contributed by atoms with Gasteiger partial charge in [-0.1, -0.05) is 17.7 Å². The lowest BCUT2D eigenvalue weighted by Gasteiger charge is -2.31. The van der Waals surface area contributed by atoms with E-state index in [1.54, 1.807) is 13.8 Å². The molecule has 0 bridgehead atoms. The third kappa shape index (κ3) is 10.4. The average Bonchev–Trinajstić information content (AvgIpc) is 3.95. The Morgan fingerprint density at radius 1 is 1.04 bits per heavy atom. The summed E-state index contributed by atoms with van der Waals surface area (Å²) in [5, 5.41) is 32.5. The highest BCUT2D eigenvalue weighted by molar-refractivity contribution is 6.81. The van der Waals surface area contributed by atoms with Gasteiger partial charge in [0.15, 0.2) is 5.69 Å². The Kier molecular flexibility index (Phi) is 12.6. The number of ether oxygens (including phenoxy) is 3. The van der Waals surface area contributed by atoms with Crippen molar-refractivity contribution in [3.05, 3.63) is 28.7 Å². The molecule has 0 spiro atoms. The van der Waals surface area contributed by atoms with E-state index in [1.807, 2.05) is 6.08 Å². The van der Waals surface area contributed by atoms with Gasteiger partial charge < -0.3 is 45.4 Å². The Hall–Kier alpha value is -3.73. The number of nitrogens with one attached hydrogen (secondary N) is 3. The number of hydrogen-bond donors (Lipinski definition) is 5. The monoisotopic (exact) mass is 681 g/mol. The number of aliphatic hydroxyl groups is 2. The van der Waals surface area contributed by atoms with E-state index in [0.717, 1.165) is 57.8 Å². The number of carbonyl (C=O) groups is 4. The molecule has 3 fully saturated rings. The van der Waals surface area contributed by atoms with Gasteiger partial charge in [-0.2, -0.15) is 10.2 Å². The zero-order valence-electron chi connectivity index (χ0n) is 26.8. The van der Waals surface area contributed by atoms with Gasteiger partial charge in [0.25, 0.3) is 11.8 Å². The minimum atomic E-state index is -0.788. The van der Waals surface area contributed by atoms with E-state index in [2.05, 4.69) is 35.9 Å². The minimum Gasteiger partial charge on any atom is -0.461 e. The van der Waals surface area contributed by atoms with E-state index in [-0.39, 0.29) is 42.4 Å². The quantitative estimate of drug-likeness (QED) is 0.124. The first-order valence-electron chi connectivity index (χ1n) is 15.9. The fourth-order valence-corrected chi connectivity index (χ4v) is 5.02. The Morgan fingerprint density at radius 2 is 1.70 bits per heavy atom. The van der Waals surface area contributed by atoms with Crippen LogP contribution < -0.4 is 16.1 Å². The molecule has 0 unspecified atom stereocenters. The molecule has 260 valence electrons. The molecule has 5 N–H and O–H groups in total. The first-order chi connectivity index (χ1) is 22.5. The van der Waals surface area contributed by atoms with Gasteiger partial charge in [-0.25, -0.2) is 9.59 Å². The Morgan fingerprint density at radius 3 is 2.32 bits per heavy atom. The molecule has 4 heterocycles. The molecule has 0 aromatic carbocycles. The van der Waals surface area contributed by atoms with Crippen molar-refractivity contribution in [2.24, 2.45) is 5.10 Å². The van der Waals surface area contributed by atoms with Crippen LogP contribution in [-0.2, 0) is 36.8 Å². The van der Waals surface area contributed by atoms with Crippen LogP contribution in [0.3, 0.4) is 0 Å². The van der Waals surface area contributed by atoms with E-state index < -0.39 is 23.1 Å². The lowest BCUT2D eigenvalue weighted by molar-refractivity contribution is -0.134. The van der Waals surface area contributed by atoms with Crippen molar-refractivity contribution in [3.8, 4) is 0 Å². The number of amides is 2. The van der Waals surface area contributed by atoms with Crippen LogP contribution >= 0.6 is 11.6 Å². The maximum Gasteiger partial charge on any atom is 0.370 e. The number of morpholine rings is 1. The number of nitrogens with zero attached hydrogens (tertiary/aromatic N) is 4. The predicted octanol–water partition coefficient (Wildman–Crippen LogP) is -0.191. The van der Waals surface area contributed by atoms with E-state index in [4.69, 9.17) is 21.1 Å². The normalized spacial score (nSPS) is 20.4. The van der Waals surface area contributed by atoms with Gasteiger partial charge in [0.05, 0.1) is 56.4 Å². The van der Waals surface area contributed by atoms with E-state index >= 15 is 0 Å². The molecule has 6 rings (SSSR count). The maximum absolute atomic E-state index is 12.0. The second-order valence-corrected chi connectivity index (χ2v) is 12.1. The van der Waals surface area contributed by atoms with Crippen molar-refractivity contribution in [1.29, 1.82) is 0 Å². The van der Waals surface area contributed by atoms with Crippen LogP contribution in [0.5, 0.6) is 0 Å². The summed E-state index contributed by atoms with van der Waals surface area (Å²) in [6, 6.07) is 0. The zero-order valence-corrected chi connectivity index (χ0v) is 27.6. The lowest BCUT2D eigenvalue weighted by atomic mass is 10.1. The number of rotatable bonds is 10. The smallest absolute Gasteiger partial charge is 0.370 e. The van der Waals surface area contributed by atoms with Crippen LogP contribution in [-0.4, -0.2) is 124 Å². The summed E-state index contributed by atoms with van der Waals surface area (Å²) in [5.74, 6) is -1.36. The topological polar surface area (TPSA) is 206 Å². The number of carbonyl (C=O) groups excluding carboxylic acids is 4. The van der Waals surface area contributed by atoms with Crippen LogP contribution in [0, 0.1) is 0 Å². The number of fused-ring (bicyclic) bond motifs is 1. The van der Waals surface area contributed by atoms with Crippen LogP contribution in [0.2, 0.25) is 0 Å². The van der Waals surface area contributed by atoms with Crippen molar-refractivity contribution in [2.45, 2.75) is 70.1 Å². The fraction of sp³-hybridized carbons (Fsp3) is 0.667. The molecule has 2 amide bonds. The molecule has 2 aliphatic carbocycles. The predicted molar refractivity (Wildman–Crippen MR) is 169 cm³/mol. The first kappa shape index (κ1) is 36.1. The van der Waals surface area contributed by atoms with Crippen LogP contribution in [0.4, 0.5) is 0 Å². The molecule has 3 aliphatic heterocycles. The molecule has 0 radical (unpaired) electrons. The van der Waals surface area contributed by atoms with Gasteiger partial charge in [0.2, 0.25) is 5.17 Å². The molecule has 1 aromatic heterocycles. The summed E-state index contributed by atoms with van der Waals surface area (Å²) < 4.78 is 16.2. The molecule has 2 saturated carbocycles. The highest BCUT2D eigenvalue weighted by atomic mass is 35.5. The van der Waals surface area contributed by atoms with Crippen LogP contribution in [0.25, 0.3) is 0 Å². The SMILES string of the molecule is CCOC(=O)/C(Cl)=N/NCC1(O)CC1.CCOC(=O)c1nn(CC2(O)CC2)c2c1CCNC2=O.O=C1NCCC=C1N1CCOCC1. The largest absolute Gasteiger partial charge is 0.461 e. The Bertz CT molecular complexity index is 1370. The standard InChI is InChI=1S/C13H17N3O4.C9H14N2O2.C8H13ClN2O3/c1-2-20-12(18)9-8-3-6-14-11(17)10(8)16(15-9)7-13(19)4-5-13;12-9-8(2-1-3-10-9)11-4-6-13-7-5-11;1-2-14-7(12)6(9)11-10-5-8(13)3-4-8/h19H,2-7H2,1H3,(H,14,17);2H,1,3-7H2,(H,10,12);10,13H,2-5H2,1H3/b;;11-6-. The van der Waals surface area contributed by atoms with Crippen molar-refractivity contribution in [3.63, 3.8) is 0 Å². The third-order valence-electron chi connectivity index (χ3n) is 7.87. The fourth-order valence-electron chi connectivity index (χ4n) is 4.90. The molecular weight excluding hydrogens is 638 g/mol. The average molecular weight is 682 g/mol. The molecule has 1 saturated heterocycles. The number of halogens is 1.